The Kier molecular flexibility index (Phi) is 5.07. The first-order chi connectivity index (χ1) is 11.4. The molecule has 1 aromatic carbocycles. The number of hydrogen-bond acceptors (Lipinski definition) is 5. The second kappa shape index (κ2) is 7.08. The molecular weight excluding hydrogens is 328 g/mol. The van der Waals surface area contributed by atoms with E-state index in [1.54, 1.807) is 12.1 Å². The van der Waals surface area contributed by atoms with Crippen LogP contribution < -0.4 is 15.4 Å². The number of nitrogens with zero attached hydrogens (tertiary/aromatic N) is 2. The molecule has 0 aromatic heterocycles. The van der Waals surface area contributed by atoms with Crippen LogP contribution in [0.25, 0.3) is 0 Å². The van der Waals surface area contributed by atoms with Crippen LogP contribution in [0.5, 0.6) is 0 Å². The Morgan fingerprint density at radius 3 is 2.33 bits per heavy atom. The smallest absolute Gasteiger partial charge is 0.238 e. The number of piperazine rings is 1. The van der Waals surface area contributed by atoms with Gasteiger partial charge >= 0.3 is 0 Å². The zero-order valence-electron chi connectivity index (χ0n) is 13.6. The third kappa shape index (κ3) is 3.88. The van der Waals surface area contributed by atoms with E-state index in [0.29, 0.717) is 13.1 Å². The van der Waals surface area contributed by atoms with Gasteiger partial charge in [-0.1, -0.05) is 0 Å². The Balaban J connectivity index is 1.57. The molecule has 132 valence electrons. The highest BCUT2D eigenvalue weighted by Gasteiger charge is 2.28. The second-order valence-corrected chi connectivity index (χ2v) is 7.96. The quantitative estimate of drug-likeness (QED) is 0.797. The van der Waals surface area contributed by atoms with Gasteiger partial charge < -0.3 is 15.1 Å². The summed E-state index contributed by atoms with van der Waals surface area (Å²) in [6, 6.07) is 6.58. The number of carbonyl (C=O) groups excluding carboxylic acids is 1. The average Bonchev–Trinajstić information content (AvgIpc) is 2.61. The lowest BCUT2D eigenvalue weighted by atomic mass is 9.98. The number of carbonyl (C=O) groups is 1. The fraction of sp³-hybridized carbons (Fsp3) is 0.562. The average molecular weight is 352 g/mol. The van der Waals surface area contributed by atoms with E-state index in [9.17, 15) is 13.2 Å². The molecule has 0 bridgehead atoms. The largest absolute Gasteiger partial charge is 0.368 e. The maximum atomic E-state index is 12.5. The Hall–Kier alpha value is -1.64. The topological polar surface area (TPSA) is 95.7 Å². The van der Waals surface area contributed by atoms with Gasteiger partial charge in [0.2, 0.25) is 15.9 Å². The standard InChI is InChI=1S/C16H24N4O3S/c17-24(22,23)15-5-3-14(4-6-15)19-8-10-20(11-9-19)16(21)13-2-1-7-18-12-13/h3-6,13,18H,1-2,7-12H2,(H2,17,22,23). The van der Waals surface area contributed by atoms with Crippen molar-refractivity contribution in [2.24, 2.45) is 11.1 Å². The molecular formula is C16H24N4O3S. The predicted molar refractivity (Wildman–Crippen MR) is 92.2 cm³/mol. The van der Waals surface area contributed by atoms with Crippen molar-refractivity contribution in [3.05, 3.63) is 24.3 Å². The third-order valence-corrected chi connectivity index (χ3v) is 5.70. The van der Waals surface area contributed by atoms with Gasteiger partial charge in [-0.3, -0.25) is 4.79 Å². The zero-order chi connectivity index (χ0) is 17.2. The minimum Gasteiger partial charge on any atom is -0.368 e. The number of amides is 1. The summed E-state index contributed by atoms with van der Waals surface area (Å²) in [5.41, 5.74) is 0.953. The van der Waals surface area contributed by atoms with Crippen molar-refractivity contribution in [3.63, 3.8) is 0 Å². The van der Waals surface area contributed by atoms with Gasteiger partial charge in [-0.05, 0) is 43.7 Å². The second-order valence-electron chi connectivity index (χ2n) is 6.39. The van der Waals surface area contributed by atoms with Gasteiger partial charge in [-0.2, -0.15) is 0 Å². The molecule has 1 atom stereocenters. The molecule has 3 N–H and O–H groups in total. The number of piperidine rings is 1. The Morgan fingerprint density at radius 1 is 1.12 bits per heavy atom. The lowest BCUT2D eigenvalue weighted by Gasteiger charge is -2.38. The van der Waals surface area contributed by atoms with Crippen LogP contribution in [0.3, 0.4) is 0 Å². The highest BCUT2D eigenvalue weighted by molar-refractivity contribution is 7.89. The lowest BCUT2D eigenvalue weighted by molar-refractivity contribution is -0.136. The summed E-state index contributed by atoms with van der Waals surface area (Å²) in [4.78, 5) is 16.8. The molecule has 2 aliphatic rings. The predicted octanol–water partition coefficient (Wildman–Crippen LogP) is -0.0178. The summed E-state index contributed by atoms with van der Waals surface area (Å²) < 4.78 is 22.6. The molecule has 2 heterocycles. The summed E-state index contributed by atoms with van der Waals surface area (Å²) in [6.45, 7) is 4.69. The summed E-state index contributed by atoms with van der Waals surface area (Å²) in [7, 11) is -3.66. The number of nitrogens with two attached hydrogens (primary N) is 1. The lowest BCUT2D eigenvalue weighted by Crippen LogP contribution is -2.52. The van der Waals surface area contributed by atoms with Gasteiger partial charge in [-0.15, -0.1) is 0 Å². The van der Waals surface area contributed by atoms with E-state index in [4.69, 9.17) is 5.14 Å². The number of rotatable bonds is 3. The molecule has 2 aliphatic heterocycles. The monoisotopic (exact) mass is 352 g/mol. The fourth-order valence-corrected chi connectivity index (χ4v) is 3.87. The number of hydrogen-bond donors (Lipinski definition) is 2. The number of sulfonamides is 1. The normalized spacial score (nSPS) is 22.5. The first-order valence-corrected chi connectivity index (χ1v) is 9.87. The van der Waals surface area contributed by atoms with Crippen molar-refractivity contribution in [2.45, 2.75) is 17.7 Å². The van der Waals surface area contributed by atoms with Gasteiger partial charge in [0.1, 0.15) is 0 Å². The van der Waals surface area contributed by atoms with Crippen LogP contribution >= 0.6 is 0 Å². The van der Waals surface area contributed by atoms with E-state index in [2.05, 4.69) is 10.2 Å². The molecule has 7 nitrogen and oxygen atoms in total. The molecule has 0 radical (unpaired) electrons. The van der Waals surface area contributed by atoms with Crippen LogP contribution in [-0.4, -0.2) is 58.5 Å². The Labute approximate surface area is 142 Å². The van der Waals surface area contributed by atoms with Gasteiger partial charge in [0.15, 0.2) is 0 Å². The Morgan fingerprint density at radius 2 is 1.79 bits per heavy atom. The first-order valence-electron chi connectivity index (χ1n) is 8.32. The minimum atomic E-state index is -3.66. The molecule has 2 saturated heterocycles. The molecule has 8 heteroatoms. The van der Waals surface area contributed by atoms with E-state index >= 15 is 0 Å². The summed E-state index contributed by atoms with van der Waals surface area (Å²) >= 11 is 0. The van der Waals surface area contributed by atoms with Crippen LogP contribution in [0, 0.1) is 5.92 Å². The van der Waals surface area contributed by atoms with Crippen molar-refractivity contribution in [1.29, 1.82) is 0 Å². The molecule has 0 spiro atoms. The number of benzene rings is 1. The summed E-state index contributed by atoms with van der Waals surface area (Å²) in [6.07, 6.45) is 2.04. The third-order valence-electron chi connectivity index (χ3n) is 4.77. The maximum Gasteiger partial charge on any atom is 0.238 e. The van der Waals surface area contributed by atoms with Crippen LogP contribution in [0.2, 0.25) is 0 Å². The molecule has 1 unspecified atom stereocenters. The zero-order valence-corrected chi connectivity index (χ0v) is 14.5. The summed E-state index contributed by atoms with van der Waals surface area (Å²) in [5.74, 6) is 0.366. The van der Waals surface area contributed by atoms with Crippen molar-refractivity contribution in [1.82, 2.24) is 10.2 Å². The van der Waals surface area contributed by atoms with E-state index in [1.807, 2.05) is 4.90 Å². The van der Waals surface area contributed by atoms with Gasteiger partial charge in [0, 0.05) is 38.4 Å². The van der Waals surface area contributed by atoms with Crippen LogP contribution in [0.4, 0.5) is 5.69 Å². The number of primary sulfonamides is 1. The van der Waals surface area contributed by atoms with Crippen LogP contribution in [0.1, 0.15) is 12.8 Å². The molecule has 1 aromatic rings. The first kappa shape index (κ1) is 17.2. The molecule has 0 saturated carbocycles. The van der Waals surface area contributed by atoms with Gasteiger partial charge in [-0.25, -0.2) is 13.6 Å². The molecule has 1 amide bonds. The van der Waals surface area contributed by atoms with Crippen molar-refractivity contribution >= 4 is 21.6 Å². The SMILES string of the molecule is NS(=O)(=O)c1ccc(N2CCN(C(=O)C3CCCNC3)CC2)cc1. The number of anilines is 1. The van der Waals surface area contributed by atoms with Crippen LogP contribution in [-0.2, 0) is 14.8 Å². The van der Waals surface area contributed by atoms with E-state index < -0.39 is 10.0 Å². The van der Waals surface area contributed by atoms with Crippen molar-refractivity contribution in [2.75, 3.05) is 44.2 Å². The van der Waals surface area contributed by atoms with Gasteiger partial charge in [0.25, 0.3) is 0 Å². The van der Waals surface area contributed by atoms with Gasteiger partial charge in [0.05, 0.1) is 10.8 Å². The van der Waals surface area contributed by atoms with Crippen molar-refractivity contribution in [3.8, 4) is 0 Å². The molecule has 0 aliphatic carbocycles. The highest BCUT2D eigenvalue weighted by Crippen LogP contribution is 2.20. The molecule has 3 rings (SSSR count). The van der Waals surface area contributed by atoms with Crippen molar-refractivity contribution < 1.29 is 13.2 Å². The van der Waals surface area contributed by atoms with E-state index in [-0.39, 0.29) is 16.7 Å². The maximum absolute atomic E-state index is 12.5. The minimum absolute atomic E-state index is 0.111. The summed E-state index contributed by atoms with van der Waals surface area (Å²) in [5, 5.41) is 8.41. The number of nitrogens with one attached hydrogen (secondary N) is 1. The molecule has 24 heavy (non-hydrogen) atoms. The van der Waals surface area contributed by atoms with Crippen LogP contribution in [0.15, 0.2) is 29.2 Å². The highest BCUT2D eigenvalue weighted by atomic mass is 32.2. The Bertz CT molecular complexity index is 676. The van der Waals surface area contributed by atoms with E-state index in [0.717, 1.165) is 44.7 Å². The fourth-order valence-electron chi connectivity index (χ4n) is 3.35. The molecule has 2 fully saturated rings. The van der Waals surface area contributed by atoms with E-state index in [1.165, 1.54) is 12.1 Å².